The Morgan fingerprint density at radius 1 is 0.940 bits per heavy atom. The van der Waals surface area contributed by atoms with Crippen molar-refractivity contribution < 1.29 is 24.2 Å². The van der Waals surface area contributed by atoms with Crippen LogP contribution in [0, 0.1) is 28.6 Å². The van der Waals surface area contributed by atoms with Gasteiger partial charge in [0.2, 0.25) is 5.91 Å². The summed E-state index contributed by atoms with van der Waals surface area (Å²) in [4.78, 5) is 43.4. The standard InChI is InChI=1S/C41H52N2O5S2/c1-27(21-37(44)43(26-38(45)46)25-29-9-6-5-7-10-29)49-50-28(2)22-39(47)48-32-16-18-40(3)31(23-32)12-13-33-35-15-14-34(30-11-8-20-42-24-30)41(35,4)19-17-36(33)40/h5-12,14,20,24,27-28,32-33,35-36H,13,15-19,21-23,25-26H2,1-4H3,(H,45,46)/t27-,28-,32+,33+,35+,36+,40+,41-/m1/s1. The fraction of sp³-hybridized carbons (Fsp3) is 0.561. The highest BCUT2D eigenvalue weighted by Crippen LogP contribution is 2.66. The lowest BCUT2D eigenvalue weighted by Gasteiger charge is -2.57. The number of aromatic nitrogens is 1. The average molecular weight is 717 g/mol. The first-order valence-corrected chi connectivity index (χ1v) is 20.6. The Bertz CT molecular complexity index is 1600. The quantitative estimate of drug-likeness (QED) is 0.125. The number of esters is 1. The van der Waals surface area contributed by atoms with E-state index in [-0.39, 0.29) is 58.8 Å². The number of carbonyl (C=O) groups excluding carboxylic acids is 2. The van der Waals surface area contributed by atoms with Crippen molar-refractivity contribution in [2.45, 2.75) is 109 Å². The molecule has 0 spiro atoms. The number of hydrogen-bond acceptors (Lipinski definition) is 7. The number of aliphatic carboxylic acids is 1. The molecule has 2 fully saturated rings. The molecule has 1 N–H and O–H groups in total. The monoisotopic (exact) mass is 716 g/mol. The molecule has 6 rings (SSSR count). The van der Waals surface area contributed by atoms with Crippen LogP contribution in [-0.4, -0.2) is 56.0 Å². The van der Waals surface area contributed by atoms with Crippen LogP contribution in [0.3, 0.4) is 0 Å². The van der Waals surface area contributed by atoms with E-state index in [4.69, 9.17) is 4.74 Å². The van der Waals surface area contributed by atoms with E-state index in [9.17, 15) is 19.5 Å². The van der Waals surface area contributed by atoms with Gasteiger partial charge in [0.05, 0.1) is 6.42 Å². The molecule has 0 aliphatic heterocycles. The van der Waals surface area contributed by atoms with Crippen LogP contribution in [0.5, 0.6) is 0 Å². The van der Waals surface area contributed by atoms with Gasteiger partial charge in [-0.25, -0.2) is 0 Å². The molecule has 9 heteroatoms. The second-order valence-corrected chi connectivity index (χ2v) is 18.7. The molecule has 0 unspecified atom stereocenters. The number of allylic oxidation sites excluding steroid dienone is 3. The molecule has 1 heterocycles. The van der Waals surface area contributed by atoms with Crippen LogP contribution in [0.1, 0.15) is 96.6 Å². The first-order chi connectivity index (χ1) is 24.0. The van der Waals surface area contributed by atoms with Gasteiger partial charge in [0.1, 0.15) is 12.6 Å². The number of ether oxygens (including phenoxy) is 1. The van der Waals surface area contributed by atoms with Gasteiger partial charge < -0.3 is 14.7 Å². The summed E-state index contributed by atoms with van der Waals surface area (Å²) in [6.07, 6.45) is 17.0. The van der Waals surface area contributed by atoms with Crippen molar-refractivity contribution in [3.63, 3.8) is 0 Å². The van der Waals surface area contributed by atoms with Gasteiger partial charge in [0.15, 0.2) is 0 Å². The molecule has 7 nitrogen and oxygen atoms in total. The number of nitrogens with zero attached hydrogens (tertiary/aromatic N) is 2. The summed E-state index contributed by atoms with van der Waals surface area (Å²) in [6, 6.07) is 13.7. The van der Waals surface area contributed by atoms with Gasteiger partial charge in [-0.1, -0.05) is 103 Å². The van der Waals surface area contributed by atoms with Crippen molar-refractivity contribution >= 4 is 45.0 Å². The normalized spacial score (nSPS) is 29.7. The van der Waals surface area contributed by atoms with Crippen LogP contribution in [0.25, 0.3) is 5.57 Å². The summed E-state index contributed by atoms with van der Waals surface area (Å²) in [5.41, 5.74) is 5.58. The summed E-state index contributed by atoms with van der Waals surface area (Å²) in [5.74, 6) is 0.660. The third-order valence-corrected chi connectivity index (χ3v) is 15.5. The van der Waals surface area contributed by atoms with Crippen molar-refractivity contribution in [2.75, 3.05) is 6.54 Å². The van der Waals surface area contributed by atoms with E-state index in [1.807, 2.05) is 56.6 Å². The predicted molar refractivity (Wildman–Crippen MR) is 202 cm³/mol. The number of benzene rings is 1. The topological polar surface area (TPSA) is 96.8 Å². The molecule has 4 aliphatic rings. The predicted octanol–water partition coefficient (Wildman–Crippen LogP) is 9.00. The molecule has 268 valence electrons. The number of amides is 1. The van der Waals surface area contributed by atoms with Gasteiger partial charge in [-0.05, 0) is 89.9 Å². The van der Waals surface area contributed by atoms with Crippen LogP contribution in [-0.2, 0) is 25.7 Å². The Hall–Kier alpha value is -3.04. The molecule has 8 atom stereocenters. The van der Waals surface area contributed by atoms with Crippen molar-refractivity contribution in [1.29, 1.82) is 0 Å². The molecule has 0 radical (unpaired) electrons. The molecule has 1 aromatic carbocycles. The molecular formula is C41H52N2O5S2. The lowest BCUT2D eigenvalue weighted by molar-refractivity contribution is -0.151. The van der Waals surface area contributed by atoms with Gasteiger partial charge >= 0.3 is 11.9 Å². The SMILES string of the molecule is C[C@H](CC(=O)O[C@H]1CC[C@@]2(C)C(=CC[C@@H]3[C@@H]2CC[C@]2(C)C(c4cccnc4)=CC[C@@H]32)C1)SS[C@H](C)CC(=O)N(CC(=O)O)Cc1ccccc1. The van der Waals surface area contributed by atoms with Crippen molar-refractivity contribution in [3.8, 4) is 0 Å². The zero-order valence-electron chi connectivity index (χ0n) is 29.9. The highest BCUT2D eigenvalue weighted by Gasteiger charge is 2.57. The van der Waals surface area contributed by atoms with E-state index < -0.39 is 5.97 Å². The first kappa shape index (κ1) is 36.7. The number of fused-ring (bicyclic) bond motifs is 5. The number of carboxylic acid groups (broad SMARTS) is 1. The third-order valence-electron chi connectivity index (χ3n) is 12.1. The Labute approximate surface area is 305 Å². The molecule has 4 aliphatic carbocycles. The maximum Gasteiger partial charge on any atom is 0.323 e. The van der Waals surface area contributed by atoms with Gasteiger partial charge in [-0.15, -0.1) is 0 Å². The number of pyridine rings is 1. The van der Waals surface area contributed by atoms with E-state index in [2.05, 4.69) is 43.1 Å². The largest absolute Gasteiger partial charge is 0.480 e. The minimum atomic E-state index is -1.03. The molecule has 1 aromatic heterocycles. The Morgan fingerprint density at radius 2 is 1.68 bits per heavy atom. The fourth-order valence-corrected chi connectivity index (χ4v) is 11.9. The highest BCUT2D eigenvalue weighted by molar-refractivity contribution is 8.77. The summed E-state index contributed by atoms with van der Waals surface area (Å²) < 4.78 is 6.10. The third kappa shape index (κ3) is 8.04. The molecule has 0 saturated heterocycles. The number of hydrogen-bond donors (Lipinski definition) is 1. The van der Waals surface area contributed by atoms with Crippen LogP contribution >= 0.6 is 21.6 Å². The summed E-state index contributed by atoms with van der Waals surface area (Å²) >= 11 is 0. The summed E-state index contributed by atoms with van der Waals surface area (Å²) in [5, 5.41) is 9.36. The molecule has 0 bridgehead atoms. The Kier molecular flexibility index (Phi) is 11.5. The van der Waals surface area contributed by atoms with Gasteiger partial charge in [0.25, 0.3) is 0 Å². The maximum atomic E-state index is 13.1. The van der Waals surface area contributed by atoms with E-state index >= 15 is 0 Å². The number of rotatable bonds is 13. The smallest absolute Gasteiger partial charge is 0.323 e. The van der Waals surface area contributed by atoms with Crippen molar-refractivity contribution in [3.05, 3.63) is 83.7 Å². The Morgan fingerprint density at radius 3 is 2.40 bits per heavy atom. The maximum absolute atomic E-state index is 13.1. The van der Waals surface area contributed by atoms with Crippen molar-refractivity contribution in [2.24, 2.45) is 28.6 Å². The molecular weight excluding hydrogens is 665 g/mol. The van der Waals surface area contributed by atoms with Crippen molar-refractivity contribution in [1.82, 2.24) is 9.88 Å². The highest BCUT2D eigenvalue weighted by atomic mass is 33.1. The first-order valence-electron chi connectivity index (χ1n) is 18.3. The summed E-state index contributed by atoms with van der Waals surface area (Å²) in [7, 11) is 3.16. The molecule has 2 aromatic rings. The van der Waals surface area contributed by atoms with E-state index in [0.29, 0.717) is 24.2 Å². The molecule has 50 heavy (non-hydrogen) atoms. The van der Waals surface area contributed by atoms with Crippen LogP contribution < -0.4 is 0 Å². The lowest BCUT2D eigenvalue weighted by atomic mass is 9.47. The zero-order chi connectivity index (χ0) is 35.5. The Balaban J connectivity index is 0.965. The van der Waals surface area contributed by atoms with Crippen LogP contribution in [0.15, 0.2) is 72.6 Å². The van der Waals surface area contributed by atoms with Gasteiger partial charge in [-0.2, -0.15) is 0 Å². The van der Waals surface area contributed by atoms with E-state index in [1.165, 1.54) is 34.5 Å². The molecule has 2 saturated carbocycles. The lowest BCUT2D eigenvalue weighted by Crippen LogP contribution is -2.50. The number of carboxylic acids is 1. The molecule has 1 amide bonds. The minimum absolute atomic E-state index is 0.0288. The van der Waals surface area contributed by atoms with Gasteiger partial charge in [-0.3, -0.25) is 19.4 Å². The second-order valence-electron chi connectivity index (χ2n) is 15.5. The fourth-order valence-electron chi connectivity index (χ4n) is 9.57. The van der Waals surface area contributed by atoms with Crippen LogP contribution in [0.2, 0.25) is 0 Å². The second kappa shape index (κ2) is 15.7. The number of carbonyl (C=O) groups is 3. The average Bonchev–Trinajstić information content (AvgIpc) is 3.45. The summed E-state index contributed by atoms with van der Waals surface area (Å²) in [6.45, 7) is 8.92. The van der Waals surface area contributed by atoms with E-state index in [1.54, 1.807) is 21.6 Å². The van der Waals surface area contributed by atoms with Crippen LogP contribution in [0.4, 0.5) is 0 Å². The van der Waals surface area contributed by atoms with E-state index in [0.717, 1.165) is 37.7 Å². The van der Waals surface area contributed by atoms with Gasteiger partial charge in [0, 0.05) is 42.3 Å². The zero-order valence-corrected chi connectivity index (χ0v) is 31.5. The minimum Gasteiger partial charge on any atom is -0.480 e.